The number of hydrogen-bond acceptors (Lipinski definition) is 2. The number of thiocarbonyl (C=S) groups is 1. The number of hydrogen-bond donors (Lipinski definition) is 1. The van der Waals surface area contributed by atoms with Crippen LogP contribution < -0.4 is 5.32 Å². The third-order valence-electron chi connectivity index (χ3n) is 1.74. The number of nitrogens with zero attached hydrogens (tertiary/aromatic N) is 1. The van der Waals surface area contributed by atoms with E-state index in [1.54, 1.807) is 4.90 Å². The molecule has 12 heavy (non-hydrogen) atoms. The van der Waals surface area contributed by atoms with Crippen LogP contribution in [-0.2, 0) is 4.79 Å². The molecule has 0 unspecified atom stereocenters. The van der Waals surface area contributed by atoms with Gasteiger partial charge in [0, 0.05) is 19.5 Å². The number of carbonyl (C=O) groups excluding carboxylic acids is 1. The summed E-state index contributed by atoms with van der Waals surface area (Å²) in [6.45, 7) is 5.59. The summed E-state index contributed by atoms with van der Waals surface area (Å²) >= 11 is 4.96. The number of carbonyl (C=O) groups is 1. The fraction of sp³-hybridized carbons (Fsp3) is 0.750. The highest BCUT2D eigenvalue weighted by Crippen LogP contribution is 2.06. The molecule has 1 saturated heterocycles. The fourth-order valence-electron chi connectivity index (χ4n) is 1.17. The predicted octanol–water partition coefficient (Wildman–Crippen LogP) is 0.749. The quantitative estimate of drug-likeness (QED) is 0.646. The van der Waals surface area contributed by atoms with E-state index < -0.39 is 0 Å². The van der Waals surface area contributed by atoms with E-state index >= 15 is 0 Å². The first kappa shape index (κ1) is 9.45. The van der Waals surface area contributed by atoms with Crippen molar-refractivity contribution in [1.29, 1.82) is 0 Å². The summed E-state index contributed by atoms with van der Waals surface area (Å²) in [6, 6.07) is 0. The zero-order chi connectivity index (χ0) is 9.14. The predicted molar refractivity (Wildman–Crippen MR) is 51.8 cm³/mol. The molecule has 0 atom stereocenters. The molecule has 1 amide bonds. The molecule has 1 aliphatic rings. The van der Waals surface area contributed by atoms with Crippen molar-refractivity contribution in [2.24, 2.45) is 5.92 Å². The summed E-state index contributed by atoms with van der Waals surface area (Å²) in [6.07, 6.45) is 0.585. The summed E-state index contributed by atoms with van der Waals surface area (Å²) in [5, 5.41) is 3.54. The molecule has 0 aromatic rings. The standard InChI is InChI=1S/C8H14N2OS/c1-6(2)5-7(11)10-4-3-9-8(10)12/h6H,3-5H2,1-2H3,(H,9,12). The Morgan fingerprint density at radius 2 is 2.42 bits per heavy atom. The van der Waals surface area contributed by atoms with Gasteiger partial charge in [0.15, 0.2) is 5.11 Å². The summed E-state index contributed by atoms with van der Waals surface area (Å²) in [7, 11) is 0. The van der Waals surface area contributed by atoms with Gasteiger partial charge in [-0.2, -0.15) is 0 Å². The van der Waals surface area contributed by atoms with Crippen molar-refractivity contribution in [3.8, 4) is 0 Å². The smallest absolute Gasteiger partial charge is 0.229 e. The highest BCUT2D eigenvalue weighted by Gasteiger charge is 2.22. The van der Waals surface area contributed by atoms with Crippen LogP contribution >= 0.6 is 12.2 Å². The van der Waals surface area contributed by atoms with Crippen molar-refractivity contribution >= 4 is 23.2 Å². The van der Waals surface area contributed by atoms with Crippen molar-refractivity contribution in [2.75, 3.05) is 13.1 Å². The SMILES string of the molecule is CC(C)CC(=O)N1CCNC1=S. The minimum Gasteiger partial charge on any atom is -0.360 e. The van der Waals surface area contributed by atoms with Crippen molar-refractivity contribution in [3.05, 3.63) is 0 Å². The Morgan fingerprint density at radius 3 is 2.83 bits per heavy atom. The van der Waals surface area contributed by atoms with E-state index in [2.05, 4.69) is 5.32 Å². The molecule has 1 rings (SSSR count). The first-order valence-corrected chi connectivity index (χ1v) is 4.60. The van der Waals surface area contributed by atoms with E-state index in [-0.39, 0.29) is 5.91 Å². The van der Waals surface area contributed by atoms with Crippen LogP contribution in [0.2, 0.25) is 0 Å². The molecule has 1 fully saturated rings. The molecule has 68 valence electrons. The molecular formula is C8H14N2OS. The Bertz CT molecular complexity index is 203. The molecule has 1 heterocycles. The second-order valence-electron chi connectivity index (χ2n) is 3.38. The van der Waals surface area contributed by atoms with Crippen molar-refractivity contribution < 1.29 is 4.79 Å². The molecule has 4 heteroatoms. The lowest BCUT2D eigenvalue weighted by Gasteiger charge is -2.15. The maximum absolute atomic E-state index is 11.5. The first-order chi connectivity index (χ1) is 5.61. The molecule has 0 radical (unpaired) electrons. The molecule has 0 saturated carbocycles. The molecular weight excluding hydrogens is 172 g/mol. The van der Waals surface area contributed by atoms with E-state index in [0.29, 0.717) is 17.5 Å². The molecule has 0 aliphatic carbocycles. The van der Waals surface area contributed by atoms with Gasteiger partial charge in [-0.15, -0.1) is 0 Å². The van der Waals surface area contributed by atoms with E-state index in [1.807, 2.05) is 13.8 Å². The first-order valence-electron chi connectivity index (χ1n) is 4.19. The Balaban J connectivity index is 2.46. The highest BCUT2D eigenvalue weighted by molar-refractivity contribution is 7.80. The molecule has 0 aromatic carbocycles. The largest absolute Gasteiger partial charge is 0.360 e. The average Bonchev–Trinajstić information content (AvgIpc) is 2.33. The molecule has 1 N–H and O–H groups in total. The van der Waals surface area contributed by atoms with Gasteiger partial charge in [-0.25, -0.2) is 0 Å². The maximum atomic E-state index is 11.5. The van der Waals surface area contributed by atoms with E-state index in [1.165, 1.54) is 0 Å². The average molecular weight is 186 g/mol. The van der Waals surface area contributed by atoms with Crippen LogP contribution in [0, 0.1) is 5.92 Å². The summed E-state index contributed by atoms with van der Waals surface area (Å²) < 4.78 is 0. The zero-order valence-corrected chi connectivity index (χ0v) is 8.28. The Hall–Kier alpha value is -0.640. The van der Waals surface area contributed by atoms with Crippen molar-refractivity contribution in [3.63, 3.8) is 0 Å². The van der Waals surface area contributed by atoms with Gasteiger partial charge in [-0.3, -0.25) is 9.69 Å². The van der Waals surface area contributed by atoms with Gasteiger partial charge < -0.3 is 5.32 Å². The fourth-order valence-corrected chi connectivity index (χ4v) is 1.46. The molecule has 0 aromatic heterocycles. The van der Waals surface area contributed by atoms with Gasteiger partial charge >= 0.3 is 0 Å². The lowest BCUT2D eigenvalue weighted by atomic mass is 10.1. The zero-order valence-electron chi connectivity index (χ0n) is 7.46. The Labute approximate surface area is 78.1 Å². The third kappa shape index (κ3) is 2.17. The van der Waals surface area contributed by atoms with Gasteiger partial charge in [0.2, 0.25) is 5.91 Å². The van der Waals surface area contributed by atoms with E-state index in [0.717, 1.165) is 13.1 Å². The van der Waals surface area contributed by atoms with Crippen LogP contribution in [0.1, 0.15) is 20.3 Å². The minimum absolute atomic E-state index is 0.139. The van der Waals surface area contributed by atoms with E-state index in [9.17, 15) is 4.79 Å². The molecule has 0 spiro atoms. The summed E-state index contributed by atoms with van der Waals surface area (Å²) in [5.74, 6) is 0.543. The van der Waals surface area contributed by atoms with Gasteiger partial charge in [0.25, 0.3) is 0 Å². The Kier molecular flexibility index (Phi) is 3.03. The summed E-state index contributed by atoms with van der Waals surface area (Å²) in [5.41, 5.74) is 0. The second kappa shape index (κ2) is 3.85. The van der Waals surface area contributed by atoms with Crippen LogP contribution in [0.5, 0.6) is 0 Å². The van der Waals surface area contributed by atoms with Gasteiger partial charge in [-0.05, 0) is 18.1 Å². The van der Waals surface area contributed by atoms with Crippen LogP contribution in [0.25, 0.3) is 0 Å². The maximum Gasteiger partial charge on any atom is 0.229 e. The number of amides is 1. The van der Waals surface area contributed by atoms with Gasteiger partial charge in [0.1, 0.15) is 0 Å². The van der Waals surface area contributed by atoms with Crippen LogP contribution in [0.15, 0.2) is 0 Å². The van der Waals surface area contributed by atoms with Gasteiger partial charge in [0.05, 0.1) is 0 Å². The molecule has 3 nitrogen and oxygen atoms in total. The lowest BCUT2D eigenvalue weighted by Crippen LogP contribution is -2.34. The third-order valence-corrected chi connectivity index (χ3v) is 2.11. The van der Waals surface area contributed by atoms with Crippen LogP contribution in [0.4, 0.5) is 0 Å². The topological polar surface area (TPSA) is 32.3 Å². The monoisotopic (exact) mass is 186 g/mol. The normalized spacial score (nSPS) is 16.9. The number of rotatable bonds is 2. The second-order valence-corrected chi connectivity index (χ2v) is 3.76. The van der Waals surface area contributed by atoms with Crippen LogP contribution in [-0.4, -0.2) is 29.0 Å². The van der Waals surface area contributed by atoms with Crippen molar-refractivity contribution in [1.82, 2.24) is 10.2 Å². The van der Waals surface area contributed by atoms with Crippen molar-refractivity contribution in [2.45, 2.75) is 20.3 Å². The van der Waals surface area contributed by atoms with Gasteiger partial charge in [-0.1, -0.05) is 13.8 Å². The highest BCUT2D eigenvalue weighted by atomic mass is 32.1. The van der Waals surface area contributed by atoms with E-state index in [4.69, 9.17) is 12.2 Å². The molecule has 1 aliphatic heterocycles. The number of nitrogens with one attached hydrogen (secondary N) is 1. The van der Waals surface area contributed by atoms with Crippen LogP contribution in [0.3, 0.4) is 0 Å². The molecule has 0 bridgehead atoms. The Morgan fingerprint density at radius 1 is 1.75 bits per heavy atom. The minimum atomic E-state index is 0.139. The lowest BCUT2D eigenvalue weighted by molar-refractivity contribution is -0.127. The summed E-state index contributed by atoms with van der Waals surface area (Å²) in [4.78, 5) is 13.1.